The molecule has 0 spiro atoms. The maximum absolute atomic E-state index is 12.4. The Bertz CT molecular complexity index is 797. The summed E-state index contributed by atoms with van der Waals surface area (Å²) in [5.74, 6) is 1.70. The molecule has 2 aromatic rings. The molecule has 2 aliphatic rings. The second-order valence-electron chi connectivity index (χ2n) is 6.08. The highest BCUT2D eigenvalue weighted by molar-refractivity contribution is 8.04. The van der Waals surface area contributed by atoms with Crippen LogP contribution in [0, 0.1) is 6.92 Å². The first-order chi connectivity index (χ1) is 11.7. The average molecular weight is 344 g/mol. The number of hydrogen-bond acceptors (Lipinski definition) is 6. The summed E-state index contributed by atoms with van der Waals surface area (Å²) in [6, 6.07) is 0.420. The molecule has 7 nitrogen and oxygen atoms in total. The lowest BCUT2D eigenvalue weighted by atomic mass is 10.1. The van der Waals surface area contributed by atoms with E-state index >= 15 is 0 Å². The molecule has 0 saturated carbocycles. The number of H-pyrrole nitrogens is 1. The van der Waals surface area contributed by atoms with Crippen LogP contribution in [-0.2, 0) is 4.79 Å². The van der Waals surface area contributed by atoms with Crippen LogP contribution in [0.3, 0.4) is 0 Å². The van der Waals surface area contributed by atoms with Crippen molar-refractivity contribution in [3.05, 3.63) is 29.2 Å². The number of hydrogen-bond donors (Lipinski definition) is 3. The van der Waals surface area contributed by atoms with E-state index in [-0.39, 0.29) is 5.91 Å². The van der Waals surface area contributed by atoms with Crippen molar-refractivity contribution in [2.75, 3.05) is 30.3 Å². The number of anilines is 1. The van der Waals surface area contributed by atoms with Gasteiger partial charge in [-0.25, -0.2) is 9.97 Å². The minimum absolute atomic E-state index is 0.00510. The predicted octanol–water partition coefficient (Wildman–Crippen LogP) is 1.14. The first-order valence-corrected chi connectivity index (χ1v) is 9.12. The Morgan fingerprint density at radius 2 is 2.38 bits per heavy atom. The van der Waals surface area contributed by atoms with Crippen molar-refractivity contribution < 1.29 is 4.79 Å². The smallest absolute Gasteiger partial charge is 0.259 e. The molecule has 1 amide bonds. The highest BCUT2D eigenvalue weighted by Crippen LogP contribution is 2.30. The van der Waals surface area contributed by atoms with E-state index in [1.54, 1.807) is 18.1 Å². The Morgan fingerprint density at radius 3 is 3.17 bits per heavy atom. The number of rotatable bonds is 4. The number of carbonyl (C=O) groups is 1. The van der Waals surface area contributed by atoms with Crippen molar-refractivity contribution in [2.24, 2.45) is 0 Å². The summed E-state index contributed by atoms with van der Waals surface area (Å²) in [6.07, 6.45) is 6.53. The van der Waals surface area contributed by atoms with Crippen molar-refractivity contribution in [2.45, 2.75) is 19.4 Å². The van der Waals surface area contributed by atoms with Gasteiger partial charge >= 0.3 is 0 Å². The second kappa shape index (κ2) is 6.45. The molecule has 3 N–H and O–H groups in total. The fraction of sp³-hybridized carbons (Fsp3) is 0.438. The zero-order chi connectivity index (χ0) is 16.5. The molecule has 4 heterocycles. The molecule has 0 aromatic carbocycles. The Balaban J connectivity index is 1.56. The quantitative estimate of drug-likeness (QED) is 0.771. The number of aryl methyl sites for hydroxylation is 1. The van der Waals surface area contributed by atoms with Gasteiger partial charge in [0.25, 0.3) is 5.91 Å². The summed E-state index contributed by atoms with van der Waals surface area (Å²) in [4.78, 5) is 27.1. The van der Waals surface area contributed by atoms with Crippen LogP contribution in [0.4, 0.5) is 5.82 Å². The predicted molar refractivity (Wildman–Crippen MR) is 95.9 cm³/mol. The van der Waals surface area contributed by atoms with Crippen molar-refractivity contribution >= 4 is 34.5 Å². The standard InChI is InChI=1S/C16H20N6OS/c1-10-6-18-14-13(10)15(21-9-20-14)22-4-5-24-12(8-22)16(23)19-7-11-2-3-17-11/h6,8-9,11,17H,2-5,7H2,1H3,(H,19,23)(H,18,20,21)/t11-/m0/s1. The van der Waals surface area contributed by atoms with Crippen LogP contribution in [0.2, 0.25) is 0 Å². The largest absolute Gasteiger partial charge is 0.350 e. The van der Waals surface area contributed by atoms with Gasteiger partial charge in [-0.2, -0.15) is 0 Å². The molecule has 2 aliphatic heterocycles. The Morgan fingerprint density at radius 1 is 1.50 bits per heavy atom. The van der Waals surface area contributed by atoms with Crippen molar-refractivity contribution in [3.63, 3.8) is 0 Å². The molecule has 4 rings (SSSR count). The molecule has 2 aromatic heterocycles. The molecule has 24 heavy (non-hydrogen) atoms. The van der Waals surface area contributed by atoms with Gasteiger partial charge in [0, 0.05) is 37.3 Å². The lowest BCUT2D eigenvalue weighted by Gasteiger charge is -2.29. The van der Waals surface area contributed by atoms with Crippen molar-refractivity contribution in [1.29, 1.82) is 0 Å². The van der Waals surface area contributed by atoms with E-state index in [1.165, 1.54) is 0 Å². The first kappa shape index (κ1) is 15.5. The van der Waals surface area contributed by atoms with Gasteiger partial charge in [0.05, 0.1) is 10.3 Å². The molecule has 0 unspecified atom stereocenters. The number of nitrogens with zero attached hydrogens (tertiary/aromatic N) is 3. The molecule has 1 atom stereocenters. The van der Waals surface area contributed by atoms with Crippen LogP contribution in [0.25, 0.3) is 11.0 Å². The summed E-state index contributed by atoms with van der Waals surface area (Å²) in [5, 5.41) is 7.32. The van der Waals surface area contributed by atoms with Crippen molar-refractivity contribution in [3.8, 4) is 0 Å². The Hall–Kier alpha value is -2.06. The van der Waals surface area contributed by atoms with E-state index in [0.717, 1.165) is 52.6 Å². The van der Waals surface area contributed by atoms with E-state index in [0.29, 0.717) is 12.6 Å². The molecule has 0 bridgehead atoms. The van der Waals surface area contributed by atoms with Gasteiger partial charge in [-0.05, 0) is 25.5 Å². The van der Waals surface area contributed by atoms with E-state index in [1.807, 2.05) is 19.3 Å². The normalized spacial score (nSPS) is 20.6. The summed E-state index contributed by atoms with van der Waals surface area (Å²) in [6.45, 7) is 4.59. The third-order valence-corrected chi connectivity index (χ3v) is 5.43. The van der Waals surface area contributed by atoms with Gasteiger partial charge in [-0.15, -0.1) is 11.8 Å². The second-order valence-corrected chi connectivity index (χ2v) is 7.21. The minimum atomic E-state index is -0.00510. The van der Waals surface area contributed by atoms with E-state index in [9.17, 15) is 4.79 Å². The number of nitrogens with one attached hydrogen (secondary N) is 3. The summed E-state index contributed by atoms with van der Waals surface area (Å²) in [7, 11) is 0. The van der Waals surface area contributed by atoms with Gasteiger partial charge in [-0.1, -0.05) is 0 Å². The lowest BCUT2D eigenvalue weighted by molar-refractivity contribution is -0.117. The molecule has 8 heteroatoms. The number of fused-ring (bicyclic) bond motifs is 1. The number of thioether (sulfide) groups is 1. The van der Waals surface area contributed by atoms with Gasteiger partial charge in [0.2, 0.25) is 0 Å². The number of aromatic nitrogens is 3. The molecular weight excluding hydrogens is 324 g/mol. The molecule has 0 radical (unpaired) electrons. The van der Waals surface area contributed by atoms with Gasteiger partial charge < -0.3 is 20.5 Å². The summed E-state index contributed by atoms with van der Waals surface area (Å²) in [5.41, 5.74) is 1.93. The highest BCUT2D eigenvalue weighted by Gasteiger charge is 2.23. The Kier molecular flexibility index (Phi) is 4.15. The number of amides is 1. The average Bonchev–Trinajstić information content (AvgIpc) is 2.95. The Labute approximate surface area is 144 Å². The molecule has 126 valence electrons. The van der Waals surface area contributed by atoms with E-state index < -0.39 is 0 Å². The summed E-state index contributed by atoms with van der Waals surface area (Å²) >= 11 is 1.59. The SMILES string of the molecule is Cc1c[nH]c2ncnc(N3C=C(C(=O)NC[C@@H]4CCN4)SCC3)c12. The van der Waals surface area contributed by atoms with Crippen molar-refractivity contribution in [1.82, 2.24) is 25.6 Å². The minimum Gasteiger partial charge on any atom is -0.350 e. The monoisotopic (exact) mass is 344 g/mol. The molecule has 1 saturated heterocycles. The fourth-order valence-electron chi connectivity index (χ4n) is 2.93. The highest BCUT2D eigenvalue weighted by atomic mass is 32.2. The van der Waals surface area contributed by atoms with E-state index in [2.05, 4.69) is 30.5 Å². The van der Waals surface area contributed by atoms with Crippen LogP contribution in [0.1, 0.15) is 12.0 Å². The third-order valence-electron chi connectivity index (χ3n) is 4.44. The topological polar surface area (TPSA) is 85.9 Å². The van der Waals surface area contributed by atoms with Gasteiger partial charge in [0.1, 0.15) is 17.8 Å². The maximum atomic E-state index is 12.4. The number of carbonyl (C=O) groups excluding carboxylic acids is 1. The zero-order valence-corrected chi connectivity index (χ0v) is 14.3. The van der Waals surface area contributed by atoms with Gasteiger partial charge in [-0.3, -0.25) is 4.79 Å². The lowest BCUT2D eigenvalue weighted by Crippen LogP contribution is -2.50. The first-order valence-electron chi connectivity index (χ1n) is 8.14. The van der Waals surface area contributed by atoms with Crippen LogP contribution in [0.5, 0.6) is 0 Å². The molecule has 0 aliphatic carbocycles. The zero-order valence-electron chi connectivity index (χ0n) is 13.5. The summed E-state index contributed by atoms with van der Waals surface area (Å²) < 4.78 is 0. The van der Waals surface area contributed by atoms with Crippen LogP contribution in [-0.4, -0.2) is 52.3 Å². The molecule has 1 fully saturated rings. The van der Waals surface area contributed by atoms with Crippen LogP contribution in [0.15, 0.2) is 23.6 Å². The van der Waals surface area contributed by atoms with E-state index in [4.69, 9.17) is 0 Å². The van der Waals surface area contributed by atoms with Crippen LogP contribution >= 0.6 is 11.8 Å². The third kappa shape index (κ3) is 2.87. The van der Waals surface area contributed by atoms with Gasteiger partial charge in [0.15, 0.2) is 0 Å². The molecular formula is C16H20N6OS. The van der Waals surface area contributed by atoms with Crippen LogP contribution < -0.4 is 15.5 Å². The maximum Gasteiger partial charge on any atom is 0.259 e. The fourth-order valence-corrected chi connectivity index (χ4v) is 3.84. The number of aromatic amines is 1.